The van der Waals surface area contributed by atoms with Crippen molar-refractivity contribution in [2.45, 2.75) is 65.5 Å². The number of pyridine rings is 2. The first-order valence-corrected chi connectivity index (χ1v) is 20.9. The zero-order valence-corrected chi connectivity index (χ0v) is 35.7. The summed E-state index contributed by atoms with van der Waals surface area (Å²) in [6, 6.07) is 27.6. The van der Waals surface area contributed by atoms with Crippen molar-refractivity contribution in [1.82, 2.24) is 9.97 Å². The second-order valence-corrected chi connectivity index (χ2v) is 16.0. The third-order valence-electron chi connectivity index (χ3n) is 11.1. The van der Waals surface area contributed by atoms with Crippen LogP contribution in [0.4, 0.5) is 20.4 Å². The summed E-state index contributed by atoms with van der Waals surface area (Å²) >= 11 is 12.2. The van der Waals surface area contributed by atoms with Gasteiger partial charge in [0.05, 0.1) is 25.3 Å². The normalized spacial score (nSPS) is 15.3. The molecule has 1 amide bonds. The molecule has 8 rings (SSSR count). The first-order chi connectivity index (χ1) is 29.9. The number of aliphatic carboxylic acids is 1. The van der Waals surface area contributed by atoms with E-state index < -0.39 is 12.0 Å². The number of methoxy groups -OCH3 is 2. The predicted molar refractivity (Wildman–Crippen MR) is 252 cm³/mol. The van der Waals surface area contributed by atoms with Gasteiger partial charge in [-0.05, 0) is 108 Å². The molecule has 0 aliphatic carbocycles. The highest BCUT2D eigenvalue weighted by atomic mass is 35.5. The Labute approximate surface area is 383 Å². The zero-order valence-electron chi connectivity index (χ0n) is 34.2. The van der Waals surface area contributed by atoms with Crippen LogP contribution in [-0.4, -0.2) is 66.3 Å². The van der Waals surface area contributed by atoms with Crippen molar-refractivity contribution in [3.63, 3.8) is 0 Å². The highest BCUT2D eigenvalue weighted by molar-refractivity contribution is 6.31. The van der Waals surface area contributed by atoms with Crippen molar-refractivity contribution in [3.8, 4) is 33.8 Å². The van der Waals surface area contributed by atoms with E-state index in [1.807, 2.05) is 23.1 Å². The fourth-order valence-electron chi connectivity index (χ4n) is 8.10. The monoisotopic (exact) mass is 911 g/mol. The maximum Gasteiger partial charge on any atom is 0.326 e. The molecule has 4 heterocycles. The van der Waals surface area contributed by atoms with Gasteiger partial charge >= 0.3 is 5.97 Å². The Balaban J connectivity index is 0.000000234. The van der Waals surface area contributed by atoms with Gasteiger partial charge < -0.3 is 30.1 Å². The molecular weight excluding hydrogens is 859 g/mol. The van der Waals surface area contributed by atoms with Crippen molar-refractivity contribution < 1.29 is 33.0 Å². The number of nitrogens with zero attached hydrogens (tertiary/aromatic N) is 4. The summed E-state index contributed by atoms with van der Waals surface area (Å²) in [6.45, 7) is 1.41. The number of hydrogen-bond donors (Lipinski definition) is 2. The SMILES string of the molecule is C.C.COc1ccc(Cc2ccc(N3CCC[C@H]3C(=O)O)nc2)c(F)c1-c1cccc(Cl)c1.COc1ccc(Cc2ccc(N3CCC[C@H]3C(N)=O)nc2)c(F)c1-c1cccc(Cl)c1. The molecule has 6 aromatic rings. The van der Waals surface area contributed by atoms with Gasteiger partial charge in [-0.15, -0.1) is 0 Å². The number of carbonyl (C=O) groups excluding carboxylic acids is 1. The fraction of sp³-hybridized carbons (Fsp3) is 0.280. The standard InChI is InChI=1S/C24H23ClFN3O2.C24H22ClFN2O3.2CH4/c1-31-20-9-8-17(23(26)22(20)16-4-2-5-18(25)13-16)12-15-7-10-21(28-14-15)29-11-3-6-19(29)24(27)30;1-31-20-9-8-17(23(26)22(20)16-4-2-5-18(25)13-16)12-15-7-10-21(27-14-15)28-11-3-6-19(28)24(29)30;;/h2,4-5,7-10,13-14,19H,3,6,11-12H2,1H3,(H2,27,30);2,4-5,7-10,13-14,19H,3,6,11-12H2,1H3,(H,29,30);2*1H4/t2*19-;;/m00../s1. The number of carboxylic acid groups (broad SMARTS) is 1. The molecule has 2 aliphatic heterocycles. The van der Waals surface area contributed by atoms with Crippen molar-refractivity contribution in [2.75, 3.05) is 37.1 Å². The highest BCUT2D eigenvalue weighted by Crippen LogP contribution is 2.38. The van der Waals surface area contributed by atoms with E-state index in [1.54, 1.807) is 96.2 Å². The van der Waals surface area contributed by atoms with Gasteiger partial charge in [-0.25, -0.2) is 23.5 Å². The molecule has 0 spiro atoms. The number of rotatable bonds is 12. The lowest BCUT2D eigenvalue weighted by molar-refractivity contribution is -0.138. The van der Waals surface area contributed by atoms with Crippen LogP contribution in [0, 0.1) is 11.6 Å². The summed E-state index contributed by atoms with van der Waals surface area (Å²) < 4.78 is 41.7. The Morgan fingerprint density at radius 3 is 1.50 bits per heavy atom. The molecule has 2 saturated heterocycles. The van der Waals surface area contributed by atoms with Crippen LogP contribution in [0.25, 0.3) is 22.3 Å². The van der Waals surface area contributed by atoms with Crippen LogP contribution >= 0.6 is 23.2 Å². The van der Waals surface area contributed by atoms with Gasteiger partial charge in [0.15, 0.2) is 0 Å². The van der Waals surface area contributed by atoms with Gasteiger partial charge in [-0.3, -0.25) is 4.79 Å². The Morgan fingerprint density at radius 2 is 1.12 bits per heavy atom. The van der Waals surface area contributed by atoms with Gasteiger partial charge in [0.25, 0.3) is 0 Å². The largest absolute Gasteiger partial charge is 0.496 e. The van der Waals surface area contributed by atoms with E-state index in [0.29, 0.717) is 92.4 Å². The molecule has 64 heavy (non-hydrogen) atoms. The number of carbonyl (C=O) groups is 2. The quantitative estimate of drug-likeness (QED) is 0.123. The molecule has 14 heteroatoms. The third-order valence-corrected chi connectivity index (χ3v) is 11.6. The van der Waals surface area contributed by atoms with E-state index >= 15 is 8.78 Å². The lowest BCUT2D eigenvalue weighted by Crippen LogP contribution is -2.40. The van der Waals surface area contributed by atoms with E-state index in [1.165, 1.54) is 14.2 Å². The van der Waals surface area contributed by atoms with Crippen LogP contribution in [0.2, 0.25) is 10.0 Å². The topological polar surface area (TPSA) is 131 Å². The second kappa shape index (κ2) is 21.9. The minimum Gasteiger partial charge on any atom is -0.496 e. The number of nitrogens with two attached hydrogens (primary N) is 1. The van der Waals surface area contributed by atoms with Crippen LogP contribution in [0.5, 0.6) is 11.5 Å². The van der Waals surface area contributed by atoms with Gasteiger partial charge in [-0.1, -0.05) is 86.6 Å². The molecule has 2 aromatic heterocycles. The van der Waals surface area contributed by atoms with Gasteiger partial charge in [0.2, 0.25) is 5.91 Å². The summed E-state index contributed by atoms with van der Waals surface area (Å²) in [7, 11) is 3.02. The number of ether oxygens (including phenoxy) is 2. The van der Waals surface area contributed by atoms with E-state index in [4.69, 9.17) is 38.4 Å². The Kier molecular flexibility index (Phi) is 16.7. The number of benzene rings is 4. The predicted octanol–water partition coefficient (Wildman–Crippen LogP) is 11.1. The molecule has 4 aromatic carbocycles. The Bertz CT molecular complexity index is 2390. The minimum absolute atomic E-state index is 0. The molecule has 3 N–H and O–H groups in total. The van der Waals surface area contributed by atoms with Crippen molar-refractivity contribution in [2.24, 2.45) is 5.73 Å². The molecule has 2 atom stereocenters. The molecule has 0 radical (unpaired) electrons. The first kappa shape index (κ1) is 48.8. The number of amides is 1. The van der Waals surface area contributed by atoms with Crippen molar-refractivity contribution in [3.05, 3.63) is 153 Å². The second-order valence-electron chi connectivity index (χ2n) is 15.1. The first-order valence-electron chi connectivity index (χ1n) is 20.1. The maximum atomic E-state index is 15.5. The van der Waals surface area contributed by atoms with E-state index in [2.05, 4.69) is 9.97 Å². The molecule has 2 fully saturated rings. The van der Waals surface area contributed by atoms with Gasteiger partial charge in [-0.2, -0.15) is 0 Å². The van der Waals surface area contributed by atoms with Crippen LogP contribution in [0.3, 0.4) is 0 Å². The molecule has 0 saturated carbocycles. The van der Waals surface area contributed by atoms with Crippen molar-refractivity contribution >= 4 is 46.7 Å². The Hall–Kier alpha value is -6.24. The summed E-state index contributed by atoms with van der Waals surface area (Å²) in [4.78, 5) is 35.7. The number of halogens is 4. The molecule has 0 bridgehead atoms. The van der Waals surface area contributed by atoms with E-state index in [9.17, 15) is 14.7 Å². The fourth-order valence-corrected chi connectivity index (χ4v) is 8.48. The molecule has 0 unspecified atom stereocenters. The average Bonchev–Trinajstić information content (AvgIpc) is 3.98. The van der Waals surface area contributed by atoms with Crippen LogP contribution in [0.1, 0.15) is 62.8 Å². The number of anilines is 2. The van der Waals surface area contributed by atoms with Gasteiger partial charge in [0, 0.05) is 48.4 Å². The van der Waals surface area contributed by atoms with Crippen LogP contribution < -0.4 is 25.0 Å². The summed E-state index contributed by atoms with van der Waals surface area (Å²) in [5, 5.41) is 10.4. The molecule has 336 valence electrons. The summed E-state index contributed by atoms with van der Waals surface area (Å²) in [5.74, 6) is 0.335. The number of hydrogen-bond acceptors (Lipinski definition) is 8. The average molecular weight is 913 g/mol. The lowest BCUT2D eigenvalue weighted by Gasteiger charge is -2.23. The lowest BCUT2D eigenvalue weighted by atomic mass is 9.97. The Morgan fingerprint density at radius 1 is 0.688 bits per heavy atom. The number of carboxylic acids is 1. The molecule has 2 aliphatic rings. The van der Waals surface area contributed by atoms with E-state index in [0.717, 1.165) is 36.9 Å². The van der Waals surface area contributed by atoms with Crippen LogP contribution in [0.15, 0.2) is 109 Å². The number of aromatic nitrogens is 2. The van der Waals surface area contributed by atoms with Crippen molar-refractivity contribution in [1.29, 1.82) is 0 Å². The summed E-state index contributed by atoms with van der Waals surface area (Å²) in [6.07, 6.45) is 7.19. The zero-order chi connectivity index (χ0) is 43.9. The highest BCUT2D eigenvalue weighted by Gasteiger charge is 2.32. The van der Waals surface area contributed by atoms with Crippen LogP contribution in [-0.2, 0) is 22.4 Å². The maximum absolute atomic E-state index is 15.5. The summed E-state index contributed by atoms with van der Waals surface area (Å²) in [5.41, 5.74) is 10.3. The smallest absolute Gasteiger partial charge is 0.326 e. The van der Waals surface area contributed by atoms with Gasteiger partial charge in [0.1, 0.15) is 46.9 Å². The number of primary amides is 1. The third kappa shape index (κ3) is 10.9. The molecule has 10 nitrogen and oxygen atoms in total. The minimum atomic E-state index is -0.836. The van der Waals surface area contributed by atoms with E-state index in [-0.39, 0.29) is 38.4 Å². The molecular formula is C50H53Cl2F2N5O5.